The molecule has 2 aromatic rings. The van der Waals surface area contributed by atoms with E-state index in [2.05, 4.69) is 0 Å². The van der Waals surface area contributed by atoms with Gasteiger partial charge in [0.15, 0.2) is 0 Å². The highest BCUT2D eigenvalue weighted by molar-refractivity contribution is 7.87. The largest absolute Gasteiger partial charge is 0.416 e. The average molecular weight is 359 g/mol. The van der Waals surface area contributed by atoms with E-state index in [0.717, 1.165) is 24.3 Å². The summed E-state index contributed by atoms with van der Waals surface area (Å²) in [5, 5.41) is 0. The highest BCUT2D eigenvalue weighted by Gasteiger charge is 2.31. The molecule has 2 N–H and O–H groups in total. The molecule has 0 fully saturated rings. The Morgan fingerprint density at radius 1 is 1.12 bits per heavy atom. The second-order valence-electron chi connectivity index (χ2n) is 4.90. The summed E-state index contributed by atoms with van der Waals surface area (Å²) in [6.07, 6.45) is -4.63. The molecular formula is C15H12F3NO4S. The minimum atomic E-state index is -4.63. The number of hydrogen-bond acceptors (Lipinski definition) is 4. The Bertz CT molecular complexity index is 892. The van der Waals surface area contributed by atoms with Gasteiger partial charge in [0.1, 0.15) is 10.6 Å². The van der Waals surface area contributed by atoms with Crippen LogP contribution in [0.5, 0.6) is 5.75 Å². The fourth-order valence-corrected chi connectivity index (χ4v) is 2.87. The molecule has 2 rings (SSSR count). The minimum Gasteiger partial charge on any atom is -0.379 e. The van der Waals surface area contributed by atoms with Gasteiger partial charge in [-0.15, -0.1) is 0 Å². The van der Waals surface area contributed by atoms with Crippen molar-refractivity contribution in [2.45, 2.75) is 18.0 Å². The number of rotatable bonds is 4. The Morgan fingerprint density at radius 3 is 2.38 bits per heavy atom. The monoisotopic (exact) mass is 359 g/mol. The molecule has 2 aromatic carbocycles. The Hall–Kier alpha value is -2.55. The lowest BCUT2D eigenvalue weighted by Crippen LogP contribution is -2.16. The van der Waals surface area contributed by atoms with Crippen LogP contribution >= 0.6 is 0 Å². The quantitative estimate of drug-likeness (QED) is 0.851. The number of benzene rings is 2. The number of aryl methyl sites for hydroxylation is 1. The number of nitrogens with two attached hydrogens (primary N) is 1. The second kappa shape index (κ2) is 6.16. The molecule has 1 amide bonds. The van der Waals surface area contributed by atoms with Crippen molar-refractivity contribution in [3.05, 3.63) is 59.2 Å². The summed E-state index contributed by atoms with van der Waals surface area (Å²) in [5.74, 6) is -1.32. The van der Waals surface area contributed by atoms with Crippen LogP contribution in [0.2, 0.25) is 0 Å². The highest BCUT2D eigenvalue weighted by Crippen LogP contribution is 2.32. The van der Waals surface area contributed by atoms with Crippen LogP contribution in [0.15, 0.2) is 47.4 Å². The normalized spacial score (nSPS) is 12.0. The van der Waals surface area contributed by atoms with Crippen LogP contribution in [-0.2, 0) is 16.3 Å². The predicted molar refractivity (Wildman–Crippen MR) is 79.0 cm³/mol. The molecule has 0 saturated carbocycles. The molecule has 128 valence electrons. The molecular weight excluding hydrogens is 347 g/mol. The van der Waals surface area contributed by atoms with E-state index in [-0.39, 0.29) is 10.5 Å². The molecule has 9 heteroatoms. The fourth-order valence-electron chi connectivity index (χ4n) is 1.92. The maximum absolute atomic E-state index is 12.7. The van der Waals surface area contributed by atoms with E-state index in [4.69, 9.17) is 9.92 Å². The lowest BCUT2D eigenvalue weighted by atomic mass is 10.1. The number of carbonyl (C=O) groups is 1. The molecule has 0 saturated heterocycles. The van der Waals surface area contributed by atoms with E-state index in [1.54, 1.807) is 6.92 Å². The van der Waals surface area contributed by atoms with Crippen molar-refractivity contribution in [2.75, 3.05) is 0 Å². The van der Waals surface area contributed by atoms with E-state index in [1.165, 1.54) is 12.1 Å². The van der Waals surface area contributed by atoms with Crippen molar-refractivity contribution in [2.24, 2.45) is 5.73 Å². The van der Waals surface area contributed by atoms with Crippen LogP contribution < -0.4 is 9.92 Å². The van der Waals surface area contributed by atoms with Gasteiger partial charge in [0.2, 0.25) is 5.91 Å². The maximum atomic E-state index is 12.7. The Morgan fingerprint density at radius 2 is 1.79 bits per heavy atom. The Labute approximate surface area is 136 Å². The Balaban J connectivity index is 2.39. The van der Waals surface area contributed by atoms with Gasteiger partial charge in [-0.05, 0) is 42.8 Å². The minimum absolute atomic E-state index is 0.0243. The molecule has 0 aliphatic heterocycles. The van der Waals surface area contributed by atoms with E-state index < -0.39 is 33.5 Å². The van der Waals surface area contributed by atoms with Gasteiger partial charge < -0.3 is 9.92 Å². The zero-order chi connectivity index (χ0) is 18.1. The lowest BCUT2D eigenvalue weighted by Gasteiger charge is -2.11. The summed E-state index contributed by atoms with van der Waals surface area (Å²) in [4.78, 5) is 10.9. The molecule has 0 aromatic heterocycles. The van der Waals surface area contributed by atoms with Gasteiger partial charge in [-0.25, -0.2) is 0 Å². The third kappa shape index (κ3) is 3.85. The number of amides is 1. The third-order valence-corrected chi connectivity index (χ3v) is 4.37. The van der Waals surface area contributed by atoms with Crippen molar-refractivity contribution in [1.29, 1.82) is 0 Å². The van der Waals surface area contributed by atoms with Crippen LogP contribution in [0.1, 0.15) is 21.5 Å². The molecule has 0 atom stereocenters. The lowest BCUT2D eigenvalue weighted by molar-refractivity contribution is -0.137. The molecule has 0 aliphatic rings. The summed E-state index contributed by atoms with van der Waals surface area (Å²) < 4.78 is 67.1. The molecule has 0 heterocycles. The number of carbonyl (C=O) groups excluding carboxylic acids is 1. The standard InChI is InChI=1S/C15H12F3NO4S/c1-9-5-6-12(8-13(9)14(19)20)24(21,22)23-11-4-2-3-10(7-11)15(16,17)18/h2-8H,1H3,(H2,19,20). The average Bonchev–Trinajstić information content (AvgIpc) is 2.46. The van der Waals surface area contributed by atoms with Gasteiger partial charge in [-0.1, -0.05) is 12.1 Å². The topological polar surface area (TPSA) is 86.5 Å². The Kier molecular flexibility index (Phi) is 4.57. The number of hydrogen-bond donors (Lipinski definition) is 1. The van der Waals surface area contributed by atoms with Gasteiger partial charge in [-0.2, -0.15) is 21.6 Å². The van der Waals surface area contributed by atoms with Gasteiger partial charge in [0.25, 0.3) is 0 Å². The smallest absolute Gasteiger partial charge is 0.379 e. The first-order valence-corrected chi connectivity index (χ1v) is 7.94. The molecule has 0 unspecified atom stereocenters. The molecule has 0 bridgehead atoms. The van der Waals surface area contributed by atoms with Crippen LogP contribution in [0.3, 0.4) is 0 Å². The molecule has 5 nitrogen and oxygen atoms in total. The van der Waals surface area contributed by atoms with E-state index >= 15 is 0 Å². The van der Waals surface area contributed by atoms with Crippen molar-refractivity contribution in [3.8, 4) is 5.75 Å². The molecule has 24 heavy (non-hydrogen) atoms. The zero-order valence-electron chi connectivity index (χ0n) is 12.3. The fraction of sp³-hybridized carbons (Fsp3) is 0.133. The summed E-state index contributed by atoms with van der Waals surface area (Å²) in [6, 6.07) is 7.00. The molecule has 0 spiro atoms. The van der Waals surface area contributed by atoms with Gasteiger partial charge in [0, 0.05) is 5.56 Å². The van der Waals surface area contributed by atoms with E-state index in [9.17, 15) is 26.4 Å². The van der Waals surface area contributed by atoms with Crippen LogP contribution in [0.4, 0.5) is 13.2 Å². The molecule has 0 aliphatic carbocycles. The predicted octanol–water partition coefficient (Wildman–Crippen LogP) is 2.88. The summed E-state index contributed by atoms with van der Waals surface area (Å²) in [6.45, 7) is 1.56. The number of primary amides is 1. The summed E-state index contributed by atoms with van der Waals surface area (Å²) >= 11 is 0. The van der Waals surface area contributed by atoms with Crippen molar-refractivity contribution < 1.29 is 30.6 Å². The number of alkyl halides is 3. The van der Waals surface area contributed by atoms with E-state index in [0.29, 0.717) is 11.6 Å². The first-order valence-electron chi connectivity index (χ1n) is 6.53. The second-order valence-corrected chi connectivity index (χ2v) is 6.45. The molecule has 0 radical (unpaired) electrons. The first-order chi connectivity index (χ1) is 11.0. The van der Waals surface area contributed by atoms with Gasteiger partial charge >= 0.3 is 16.3 Å². The van der Waals surface area contributed by atoms with Crippen molar-refractivity contribution in [3.63, 3.8) is 0 Å². The van der Waals surface area contributed by atoms with Crippen LogP contribution in [0, 0.1) is 6.92 Å². The van der Waals surface area contributed by atoms with Crippen molar-refractivity contribution >= 4 is 16.0 Å². The maximum Gasteiger partial charge on any atom is 0.416 e. The summed E-state index contributed by atoms with van der Waals surface area (Å²) in [7, 11) is -4.42. The van der Waals surface area contributed by atoms with Crippen molar-refractivity contribution in [1.82, 2.24) is 0 Å². The van der Waals surface area contributed by atoms with Crippen LogP contribution in [0.25, 0.3) is 0 Å². The number of halogens is 3. The zero-order valence-corrected chi connectivity index (χ0v) is 13.1. The van der Waals surface area contributed by atoms with Gasteiger partial charge in [-0.3, -0.25) is 4.79 Å². The first kappa shape index (κ1) is 17.8. The SMILES string of the molecule is Cc1ccc(S(=O)(=O)Oc2cccc(C(F)(F)F)c2)cc1C(N)=O. The van der Waals surface area contributed by atoms with E-state index in [1.807, 2.05) is 0 Å². The summed E-state index contributed by atoms with van der Waals surface area (Å²) in [5.41, 5.74) is 4.54. The van der Waals surface area contributed by atoms with Gasteiger partial charge in [0.05, 0.1) is 5.56 Å². The van der Waals surface area contributed by atoms with Crippen LogP contribution in [-0.4, -0.2) is 14.3 Å². The highest BCUT2D eigenvalue weighted by atomic mass is 32.2. The third-order valence-electron chi connectivity index (χ3n) is 3.13.